The minimum absolute atomic E-state index is 0.0967. The molecule has 0 spiro atoms. The van der Waals surface area contributed by atoms with Gasteiger partial charge in [-0.25, -0.2) is 0 Å². The number of hydrogen-bond acceptors (Lipinski definition) is 3. The summed E-state index contributed by atoms with van der Waals surface area (Å²) in [5.74, 6) is -0.340. The van der Waals surface area contributed by atoms with Crippen molar-refractivity contribution in [3.8, 4) is 0 Å². The highest BCUT2D eigenvalue weighted by molar-refractivity contribution is 8.00. The third-order valence-electron chi connectivity index (χ3n) is 1.79. The molecule has 8 heteroatoms. The summed E-state index contributed by atoms with van der Waals surface area (Å²) in [7, 11) is 0. The van der Waals surface area contributed by atoms with Gasteiger partial charge in [0.1, 0.15) is 0 Å². The number of carbonyl (C=O) groups excluding carboxylic acids is 1. The number of thioether (sulfide) groups is 1. The predicted octanol–water partition coefficient (Wildman–Crippen LogP) is 3.24. The van der Waals surface area contributed by atoms with Gasteiger partial charge < -0.3 is 10.4 Å². The maximum atomic E-state index is 11.4. The van der Waals surface area contributed by atoms with Crippen LogP contribution in [-0.2, 0) is 4.79 Å². The molecule has 3 nitrogen and oxygen atoms in total. The number of benzene rings is 1. The number of rotatable bonds is 4. The van der Waals surface area contributed by atoms with Gasteiger partial charge in [0, 0.05) is 9.92 Å². The topological polar surface area (TPSA) is 49.3 Å². The lowest BCUT2D eigenvalue weighted by atomic mass is 10.4. The van der Waals surface area contributed by atoms with Crippen molar-refractivity contribution in [2.75, 3.05) is 5.75 Å². The molecule has 0 fully saturated rings. The molecule has 0 aliphatic rings. The molecule has 0 aromatic heterocycles. The van der Waals surface area contributed by atoms with Crippen LogP contribution in [0, 0.1) is 0 Å². The normalized spacial score (nSPS) is 13.2. The van der Waals surface area contributed by atoms with E-state index in [1.165, 1.54) is 11.8 Å². The standard InChI is InChI=1S/C10H9Cl4NO2S/c11-6-1-3-7(4-2-6)18-5-8(16)15-9(17)10(12,13)14/h1-4,9,17H,5H2,(H,15,16)/t9-/m0/s1. The average Bonchev–Trinajstić information content (AvgIpc) is 2.27. The van der Waals surface area contributed by atoms with E-state index in [1.54, 1.807) is 24.3 Å². The Balaban J connectivity index is 2.40. The van der Waals surface area contributed by atoms with Gasteiger partial charge in [0.25, 0.3) is 0 Å². The maximum absolute atomic E-state index is 11.4. The van der Waals surface area contributed by atoms with Gasteiger partial charge in [-0.1, -0.05) is 46.4 Å². The Morgan fingerprint density at radius 3 is 2.39 bits per heavy atom. The summed E-state index contributed by atoms with van der Waals surface area (Å²) in [6.07, 6.45) is -1.54. The second-order valence-corrected chi connectivity index (χ2v) is 7.11. The SMILES string of the molecule is O=C(CSc1ccc(Cl)cc1)N[C@@H](O)C(Cl)(Cl)Cl. The molecule has 0 unspecified atom stereocenters. The van der Waals surface area contributed by atoms with Gasteiger partial charge in [0.2, 0.25) is 9.70 Å². The number of hydrogen-bond donors (Lipinski definition) is 2. The zero-order valence-corrected chi connectivity index (χ0v) is 12.7. The van der Waals surface area contributed by atoms with Crippen molar-refractivity contribution in [1.29, 1.82) is 0 Å². The second kappa shape index (κ2) is 7.08. The van der Waals surface area contributed by atoms with E-state index < -0.39 is 15.9 Å². The fraction of sp³-hybridized carbons (Fsp3) is 0.300. The van der Waals surface area contributed by atoms with E-state index in [2.05, 4.69) is 5.32 Å². The molecule has 1 atom stereocenters. The van der Waals surface area contributed by atoms with E-state index in [1.807, 2.05) is 0 Å². The van der Waals surface area contributed by atoms with E-state index in [-0.39, 0.29) is 5.75 Å². The van der Waals surface area contributed by atoms with Gasteiger partial charge in [0.05, 0.1) is 5.75 Å². The Hall–Kier alpha value is 0.160. The van der Waals surface area contributed by atoms with E-state index in [0.717, 1.165) is 4.90 Å². The number of carbonyl (C=O) groups is 1. The first-order valence-electron chi connectivity index (χ1n) is 4.71. The van der Waals surface area contributed by atoms with Crippen LogP contribution in [0.5, 0.6) is 0 Å². The van der Waals surface area contributed by atoms with Gasteiger partial charge in [0.15, 0.2) is 6.23 Å². The smallest absolute Gasteiger partial charge is 0.234 e. The van der Waals surface area contributed by atoms with Crippen molar-refractivity contribution in [2.45, 2.75) is 14.9 Å². The largest absolute Gasteiger partial charge is 0.369 e. The van der Waals surface area contributed by atoms with Crippen molar-refractivity contribution in [3.05, 3.63) is 29.3 Å². The molecule has 0 saturated carbocycles. The van der Waals surface area contributed by atoms with Gasteiger partial charge in [-0.3, -0.25) is 4.79 Å². The van der Waals surface area contributed by atoms with Crippen LogP contribution in [0.4, 0.5) is 0 Å². The summed E-state index contributed by atoms with van der Waals surface area (Å²) in [5.41, 5.74) is 0. The molecule has 0 heterocycles. The predicted molar refractivity (Wildman–Crippen MR) is 76.6 cm³/mol. The number of aliphatic hydroxyl groups is 1. The highest BCUT2D eigenvalue weighted by atomic mass is 35.6. The molecular formula is C10H9Cl4NO2S. The van der Waals surface area contributed by atoms with E-state index in [9.17, 15) is 9.90 Å². The minimum atomic E-state index is -1.94. The van der Waals surface area contributed by atoms with Gasteiger partial charge >= 0.3 is 0 Å². The zero-order valence-electron chi connectivity index (χ0n) is 8.87. The molecule has 18 heavy (non-hydrogen) atoms. The average molecular weight is 349 g/mol. The Morgan fingerprint density at radius 1 is 1.33 bits per heavy atom. The molecular weight excluding hydrogens is 340 g/mol. The molecule has 1 rings (SSSR count). The number of nitrogens with one attached hydrogen (secondary N) is 1. The summed E-state index contributed by atoms with van der Waals surface area (Å²) in [4.78, 5) is 12.3. The Kier molecular flexibility index (Phi) is 6.38. The molecule has 1 aromatic rings. The third kappa shape index (κ3) is 5.87. The fourth-order valence-corrected chi connectivity index (χ4v) is 1.95. The fourth-order valence-electron chi connectivity index (χ4n) is 0.956. The molecule has 0 saturated heterocycles. The number of halogens is 4. The van der Waals surface area contributed by atoms with Crippen molar-refractivity contribution < 1.29 is 9.90 Å². The van der Waals surface area contributed by atoms with Crippen LogP contribution in [0.15, 0.2) is 29.2 Å². The van der Waals surface area contributed by atoms with Crippen LogP contribution >= 0.6 is 58.2 Å². The van der Waals surface area contributed by atoms with Crippen LogP contribution in [0.1, 0.15) is 0 Å². The van der Waals surface area contributed by atoms with Gasteiger partial charge in [-0.05, 0) is 24.3 Å². The quantitative estimate of drug-likeness (QED) is 0.499. The number of amides is 1. The van der Waals surface area contributed by atoms with Gasteiger partial charge in [-0.15, -0.1) is 11.8 Å². The summed E-state index contributed by atoms with van der Waals surface area (Å²) in [6, 6.07) is 7.01. The van der Waals surface area contributed by atoms with Crippen molar-refractivity contribution >= 4 is 64.1 Å². The zero-order chi connectivity index (χ0) is 13.8. The lowest BCUT2D eigenvalue weighted by Gasteiger charge is -2.19. The Morgan fingerprint density at radius 2 is 1.89 bits per heavy atom. The van der Waals surface area contributed by atoms with Crippen LogP contribution in [0.25, 0.3) is 0 Å². The molecule has 0 aliphatic heterocycles. The number of aliphatic hydroxyl groups excluding tert-OH is 1. The summed E-state index contributed by atoms with van der Waals surface area (Å²) < 4.78 is -1.94. The van der Waals surface area contributed by atoms with Crippen LogP contribution < -0.4 is 5.32 Å². The molecule has 0 bridgehead atoms. The molecule has 0 aliphatic carbocycles. The molecule has 1 aromatic carbocycles. The Bertz CT molecular complexity index is 407. The third-order valence-corrected chi connectivity index (χ3v) is 3.68. The molecule has 0 radical (unpaired) electrons. The van der Waals surface area contributed by atoms with Crippen molar-refractivity contribution in [1.82, 2.24) is 5.32 Å². The summed E-state index contributed by atoms with van der Waals surface area (Å²) >= 11 is 23.2. The van der Waals surface area contributed by atoms with Crippen molar-refractivity contribution in [2.24, 2.45) is 0 Å². The summed E-state index contributed by atoms with van der Waals surface area (Å²) in [5, 5.41) is 12.1. The molecule has 1 amide bonds. The first-order chi connectivity index (χ1) is 8.29. The Labute approximate surface area is 129 Å². The minimum Gasteiger partial charge on any atom is -0.369 e. The lowest BCUT2D eigenvalue weighted by molar-refractivity contribution is -0.121. The van der Waals surface area contributed by atoms with E-state index in [4.69, 9.17) is 46.4 Å². The molecule has 2 N–H and O–H groups in total. The monoisotopic (exact) mass is 347 g/mol. The first-order valence-corrected chi connectivity index (χ1v) is 7.21. The van der Waals surface area contributed by atoms with Crippen LogP contribution in [-0.4, -0.2) is 26.8 Å². The second-order valence-electron chi connectivity index (χ2n) is 3.25. The maximum Gasteiger partial charge on any atom is 0.234 e. The number of alkyl halides is 3. The lowest BCUT2D eigenvalue weighted by Crippen LogP contribution is -2.44. The first kappa shape index (κ1) is 16.2. The van der Waals surface area contributed by atoms with Crippen LogP contribution in [0.3, 0.4) is 0 Å². The van der Waals surface area contributed by atoms with E-state index in [0.29, 0.717) is 5.02 Å². The van der Waals surface area contributed by atoms with Gasteiger partial charge in [-0.2, -0.15) is 0 Å². The summed E-state index contributed by atoms with van der Waals surface area (Å²) in [6.45, 7) is 0. The molecule has 100 valence electrons. The highest BCUT2D eigenvalue weighted by Gasteiger charge is 2.31. The van der Waals surface area contributed by atoms with Crippen molar-refractivity contribution in [3.63, 3.8) is 0 Å². The van der Waals surface area contributed by atoms with Crippen LogP contribution in [0.2, 0.25) is 5.02 Å². The van der Waals surface area contributed by atoms with E-state index >= 15 is 0 Å². The highest BCUT2D eigenvalue weighted by Crippen LogP contribution is 2.29.